The van der Waals surface area contributed by atoms with Crippen LogP contribution in [-0.2, 0) is 11.3 Å². The molecule has 2 aromatic carbocycles. The fourth-order valence-electron chi connectivity index (χ4n) is 1.52. The van der Waals surface area contributed by atoms with E-state index in [4.69, 9.17) is 16.3 Å². The zero-order chi connectivity index (χ0) is 14.5. The standard InChI is InChI=1S/C14H11BrClNO2S/c15-10-6-7-11(16)12(13(10)20)17-14(18)19-8-9-4-2-1-3-5-9/h1-7,20H,8H2,(H,17,18). The van der Waals surface area contributed by atoms with Gasteiger partial charge in [0.25, 0.3) is 0 Å². The van der Waals surface area contributed by atoms with E-state index in [0.717, 1.165) is 10.0 Å². The Balaban J connectivity index is 2.00. The van der Waals surface area contributed by atoms with Gasteiger partial charge in [0.05, 0.1) is 10.7 Å². The SMILES string of the molecule is O=C(Nc1c(Cl)ccc(Br)c1S)OCc1ccccc1. The lowest BCUT2D eigenvalue weighted by Crippen LogP contribution is -2.14. The molecule has 0 bridgehead atoms. The number of nitrogens with one attached hydrogen (secondary N) is 1. The van der Waals surface area contributed by atoms with Crippen molar-refractivity contribution in [3.8, 4) is 0 Å². The van der Waals surface area contributed by atoms with Crippen LogP contribution in [0, 0.1) is 0 Å². The zero-order valence-corrected chi connectivity index (χ0v) is 13.5. The maximum atomic E-state index is 11.8. The summed E-state index contributed by atoms with van der Waals surface area (Å²) in [5, 5.41) is 2.99. The van der Waals surface area contributed by atoms with E-state index in [9.17, 15) is 4.79 Å². The Morgan fingerprint density at radius 3 is 2.65 bits per heavy atom. The normalized spacial score (nSPS) is 10.2. The van der Waals surface area contributed by atoms with Gasteiger partial charge in [-0.3, -0.25) is 5.32 Å². The molecule has 0 heterocycles. The molecule has 1 N–H and O–H groups in total. The van der Waals surface area contributed by atoms with Gasteiger partial charge in [-0.15, -0.1) is 12.6 Å². The molecule has 2 aromatic rings. The van der Waals surface area contributed by atoms with Crippen LogP contribution in [0.5, 0.6) is 0 Å². The van der Waals surface area contributed by atoms with Crippen LogP contribution in [0.3, 0.4) is 0 Å². The molecular weight excluding hydrogens is 362 g/mol. The zero-order valence-electron chi connectivity index (χ0n) is 10.3. The number of rotatable bonds is 3. The summed E-state index contributed by atoms with van der Waals surface area (Å²) in [5.41, 5.74) is 1.33. The van der Waals surface area contributed by atoms with Crippen molar-refractivity contribution in [2.45, 2.75) is 11.5 Å². The minimum atomic E-state index is -0.579. The number of carbonyl (C=O) groups is 1. The van der Waals surface area contributed by atoms with Gasteiger partial charge in [-0.25, -0.2) is 4.79 Å². The third kappa shape index (κ3) is 3.91. The van der Waals surface area contributed by atoms with Gasteiger partial charge in [0.2, 0.25) is 0 Å². The molecule has 0 fully saturated rings. The molecule has 6 heteroatoms. The Hall–Kier alpha value is -1.17. The lowest BCUT2D eigenvalue weighted by atomic mass is 10.2. The quantitative estimate of drug-likeness (QED) is 0.732. The van der Waals surface area contributed by atoms with Crippen LogP contribution in [-0.4, -0.2) is 6.09 Å². The lowest BCUT2D eigenvalue weighted by molar-refractivity contribution is 0.155. The van der Waals surface area contributed by atoms with Gasteiger partial charge in [-0.1, -0.05) is 41.9 Å². The number of anilines is 1. The van der Waals surface area contributed by atoms with Gasteiger partial charge >= 0.3 is 6.09 Å². The summed E-state index contributed by atoms with van der Waals surface area (Å²) < 4.78 is 5.86. The highest BCUT2D eigenvalue weighted by Crippen LogP contribution is 2.34. The fourth-order valence-corrected chi connectivity index (χ4v) is 2.37. The Bertz CT molecular complexity index is 622. The van der Waals surface area contributed by atoms with E-state index in [1.165, 1.54) is 0 Å². The minimum Gasteiger partial charge on any atom is -0.444 e. The molecule has 3 nitrogen and oxygen atoms in total. The summed E-state index contributed by atoms with van der Waals surface area (Å²) in [6, 6.07) is 12.8. The number of carbonyl (C=O) groups excluding carboxylic acids is 1. The summed E-state index contributed by atoms with van der Waals surface area (Å²) in [5.74, 6) is 0. The van der Waals surface area contributed by atoms with E-state index < -0.39 is 6.09 Å². The third-order valence-electron chi connectivity index (χ3n) is 2.52. The van der Waals surface area contributed by atoms with Crippen molar-refractivity contribution in [1.82, 2.24) is 0 Å². The van der Waals surface area contributed by atoms with Crippen LogP contribution in [0.4, 0.5) is 10.5 Å². The van der Waals surface area contributed by atoms with Gasteiger partial charge in [0.1, 0.15) is 6.61 Å². The summed E-state index contributed by atoms with van der Waals surface area (Å²) >= 11 is 13.6. The molecule has 0 aliphatic carbocycles. The first-order valence-corrected chi connectivity index (χ1v) is 7.34. The van der Waals surface area contributed by atoms with Crippen molar-refractivity contribution < 1.29 is 9.53 Å². The second-order valence-corrected chi connectivity index (χ2v) is 5.65. The van der Waals surface area contributed by atoms with Crippen LogP contribution < -0.4 is 5.32 Å². The second kappa shape index (κ2) is 7.02. The van der Waals surface area contributed by atoms with Crippen molar-refractivity contribution in [1.29, 1.82) is 0 Å². The highest BCUT2D eigenvalue weighted by Gasteiger charge is 2.12. The van der Waals surface area contributed by atoms with Crippen LogP contribution in [0.1, 0.15) is 5.56 Å². The smallest absolute Gasteiger partial charge is 0.412 e. The third-order valence-corrected chi connectivity index (χ3v) is 4.26. The van der Waals surface area contributed by atoms with Gasteiger partial charge in [-0.05, 0) is 33.6 Å². The average molecular weight is 373 g/mol. The Kier molecular flexibility index (Phi) is 5.34. The molecular formula is C14H11BrClNO2S. The molecule has 0 radical (unpaired) electrons. The number of thiol groups is 1. The highest BCUT2D eigenvalue weighted by molar-refractivity contribution is 9.10. The average Bonchev–Trinajstić information content (AvgIpc) is 2.46. The largest absolute Gasteiger partial charge is 0.444 e. The number of hydrogen-bond donors (Lipinski definition) is 2. The molecule has 0 aliphatic rings. The molecule has 0 spiro atoms. The van der Waals surface area contributed by atoms with E-state index in [-0.39, 0.29) is 6.61 Å². The molecule has 0 saturated heterocycles. The summed E-state index contributed by atoms with van der Waals surface area (Å²) in [6.07, 6.45) is -0.579. The van der Waals surface area contributed by atoms with Crippen molar-refractivity contribution in [3.63, 3.8) is 0 Å². The Morgan fingerprint density at radius 1 is 1.25 bits per heavy atom. The van der Waals surface area contributed by atoms with Gasteiger partial charge in [-0.2, -0.15) is 0 Å². The minimum absolute atomic E-state index is 0.195. The van der Waals surface area contributed by atoms with Crippen LogP contribution in [0.15, 0.2) is 51.8 Å². The summed E-state index contributed by atoms with van der Waals surface area (Å²) in [4.78, 5) is 12.3. The molecule has 0 aliphatic heterocycles. The van der Waals surface area contributed by atoms with Crippen LogP contribution in [0.2, 0.25) is 5.02 Å². The predicted molar refractivity (Wildman–Crippen MR) is 86.7 cm³/mol. The first-order valence-electron chi connectivity index (χ1n) is 5.72. The van der Waals surface area contributed by atoms with Crippen molar-refractivity contribution >= 4 is 51.9 Å². The topological polar surface area (TPSA) is 38.3 Å². The van der Waals surface area contributed by atoms with E-state index in [2.05, 4.69) is 33.9 Å². The molecule has 1 amide bonds. The molecule has 0 aromatic heterocycles. The fraction of sp³-hybridized carbons (Fsp3) is 0.0714. The predicted octanol–water partition coefficient (Wildman–Crippen LogP) is 5.14. The first kappa shape index (κ1) is 15.2. The van der Waals surface area contributed by atoms with E-state index in [1.807, 2.05) is 30.3 Å². The van der Waals surface area contributed by atoms with Crippen molar-refractivity contribution in [2.24, 2.45) is 0 Å². The number of halogens is 2. The number of ether oxygens (including phenoxy) is 1. The highest BCUT2D eigenvalue weighted by atomic mass is 79.9. The number of benzene rings is 2. The lowest BCUT2D eigenvalue weighted by Gasteiger charge is -2.11. The van der Waals surface area contributed by atoms with Gasteiger partial charge < -0.3 is 4.74 Å². The second-order valence-electron chi connectivity index (χ2n) is 3.94. The number of amides is 1. The maximum absolute atomic E-state index is 11.8. The maximum Gasteiger partial charge on any atom is 0.412 e. The molecule has 0 saturated carbocycles. The van der Waals surface area contributed by atoms with E-state index in [0.29, 0.717) is 15.6 Å². The van der Waals surface area contributed by atoms with Crippen molar-refractivity contribution in [3.05, 3.63) is 57.5 Å². The Labute approximate surface area is 135 Å². The molecule has 2 rings (SSSR count). The number of hydrogen-bond acceptors (Lipinski definition) is 3. The van der Waals surface area contributed by atoms with Crippen LogP contribution in [0.25, 0.3) is 0 Å². The van der Waals surface area contributed by atoms with Crippen molar-refractivity contribution in [2.75, 3.05) is 5.32 Å². The van der Waals surface area contributed by atoms with Gasteiger partial charge in [0, 0.05) is 9.37 Å². The van der Waals surface area contributed by atoms with Crippen LogP contribution >= 0.6 is 40.2 Å². The monoisotopic (exact) mass is 371 g/mol. The summed E-state index contributed by atoms with van der Waals surface area (Å²) in [7, 11) is 0. The van der Waals surface area contributed by atoms with Gasteiger partial charge in [0.15, 0.2) is 0 Å². The molecule has 104 valence electrons. The van der Waals surface area contributed by atoms with E-state index >= 15 is 0 Å². The van der Waals surface area contributed by atoms with E-state index in [1.54, 1.807) is 12.1 Å². The Morgan fingerprint density at radius 2 is 1.95 bits per heavy atom. The molecule has 0 atom stereocenters. The molecule has 20 heavy (non-hydrogen) atoms. The first-order chi connectivity index (χ1) is 9.58. The molecule has 0 unspecified atom stereocenters. The summed E-state index contributed by atoms with van der Waals surface area (Å²) in [6.45, 7) is 0.195.